The van der Waals surface area contributed by atoms with Crippen molar-refractivity contribution in [3.05, 3.63) is 34.9 Å². The Labute approximate surface area is 168 Å². The van der Waals surface area contributed by atoms with E-state index in [1.807, 2.05) is 19.0 Å². The lowest BCUT2D eigenvalue weighted by molar-refractivity contribution is -0.129. The van der Waals surface area contributed by atoms with E-state index in [0.29, 0.717) is 11.1 Å². The number of rotatable bonds is 6. The number of hydrogen-bond acceptors (Lipinski definition) is 3. The van der Waals surface area contributed by atoms with E-state index < -0.39 is 0 Å². The third-order valence-electron chi connectivity index (χ3n) is 4.89. The van der Waals surface area contributed by atoms with Crippen molar-refractivity contribution in [2.45, 2.75) is 38.6 Å². The molecule has 0 unspecified atom stereocenters. The first-order valence-corrected chi connectivity index (χ1v) is 9.36. The van der Waals surface area contributed by atoms with Gasteiger partial charge in [0.2, 0.25) is 5.91 Å². The van der Waals surface area contributed by atoms with E-state index in [-0.39, 0.29) is 24.1 Å². The van der Waals surface area contributed by atoms with Gasteiger partial charge >= 0.3 is 0 Å². The fourth-order valence-corrected chi connectivity index (χ4v) is 3.48. The molecule has 0 aliphatic heterocycles. The molecular weight excluding hydrogens is 371 g/mol. The molecule has 1 amide bonds. The van der Waals surface area contributed by atoms with Gasteiger partial charge in [0.05, 0.1) is 5.02 Å². The van der Waals surface area contributed by atoms with Crippen LogP contribution in [0.15, 0.2) is 24.3 Å². The molecule has 0 spiro atoms. The number of carbonyl (C=O) groups is 1. The van der Waals surface area contributed by atoms with Gasteiger partial charge < -0.3 is 14.9 Å². The SMILES string of the molecule is CC1CCC(N(CCN(C)C)C(=O)C=Cc2ccc(O)cc2Cl)CC1.Cl. The molecule has 2 rings (SSSR count). The van der Waals surface area contributed by atoms with Gasteiger partial charge in [-0.3, -0.25) is 4.79 Å². The number of halogens is 2. The van der Waals surface area contributed by atoms with Gasteiger partial charge in [-0.1, -0.05) is 18.5 Å². The minimum atomic E-state index is 0. The van der Waals surface area contributed by atoms with E-state index >= 15 is 0 Å². The summed E-state index contributed by atoms with van der Waals surface area (Å²) in [7, 11) is 4.05. The smallest absolute Gasteiger partial charge is 0.246 e. The van der Waals surface area contributed by atoms with Crippen LogP contribution in [-0.2, 0) is 4.79 Å². The molecular formula is C20H30Cl2N2O2. The summed E-state index contributed by atoms with van der Waals surface area (Å²) in [6.45, 7) is 3.87. The van der Waals surface area contributed by atoms with E-state index in [1.165, 1.54) is 18.9 Å². The number of amides is 1. The first-order chi connectivity index (χ1) is 11.9. The van der Waals surface area contributed by atoms with Crippen molar-refractivity contribution in [3.63, 3.8) is 0 Å². The molecule has 0 aromatic heterocycles. The average molecular weight is 401 g/mol. The number of aromatic hydroxyl groups is 1. The predicted octanol–water partition coefficient (Wildman–Crippen LogP) is 4.45. The average Bonchev–Trinajstić information content (AvgIpc) is 2.55. The van der Waals surface area contributed by atoms with Crippen LogP contribution in [-0.4, -0.2) is 54.0 Å². The number of benzene rings is 1. The van der Waals surface area contributed by atoms with Crippen LogP contribution < -0.4 is 0 Å². The van der Waals surface area contributed by atoms with E-state index in [4.69, 9.17) is 11.6 Å². The Morgan fingerprint density at radius 1 is 1.23 bits per heavy atom. The van der Waals surface area contributed by atoms with Gasteiger partial charge in [0.25, 0.3) is 0 Å². The number of phenolic OH excluding ortho intramolecular Hbond substituents is 1. The highest BCUT2D eigenvalue weighted by atomic mass is 35.5. The molecule has 1 fully saturated rings. The maximum Gasteiger partial charge on any atom is 0.246 e. The Morgan fingerprint density at radius 3 is 2.46 bits per heavy atom. The molecule has 0 radical (unpaired) electrons. The van der Waals surface area contributed by atoms with Crippen LogP contribution in [0.4, 0.5) is 0 Å². The molecule has 0 atom stereocenters. The summed E-state index contributed by atoms with van der Waals surface area (Å²) in [5, 5.41) is 9.87. The molecule has 4 nitrogen and oxygen atoms in total. The highest BCUT2D eigenvalue weighted by Gasteiger charge is 2.26. The Morgan fingerprint density at radius 2 is 1.88 bits per heavy atom. The van der Waals surface area contributed by atoms with E-state index in [9.17, 15) is 9.90 Å². The van der Waals surface area contributed by atoms with Gasteiger partial charge in [-0.15, -0.1) is 12.4 Å². The standard InChI is InChI=1S/C20H29ClN2O2.ClH/c1-15-4-8-17(9-5-15)23(13-12-22(2)3)20(25)11-7-16-6-10-18(24)14-19(16)21;/h6-7,10-11,14-15,17,24H,4-5,8-9,12-13H2,1-3H3;1H. The number of carbonyl (C=O) groups excluding carboxylic acids is 1. The predicted molar refractivity (Wildman–Crippen MR) is 111 cm³/mol. The van der Waals surface area contributed by atoms with Crippen molar-refractivity contribution in [2.75, 3.05) is 27.2 Å². The summed E-state index contributed by atoms with van der Waals surface area (Å²) in [6, 6.07) is 5.09. The zero-order chi connectivity index (χ0) is 18.4. The maximum absolute atomic E-state index is 12.8. The molecule has 1 aromatic rings. The quantitative estimate of drug-likeness (QED) is 0.717. The molecule has 146 valence electrons. The van der Waals surface area contributed by atoms with Crippen molar-refractivity contribution in [1.82, 2.24) is 9.80 Å². The normalized spacial score (nSPS) is 20.2. The Bertz CT molecular complexity index is 612. The van der Waals surface area contributed by atoms with Crippen molar-refractivity contribution in [1.29, 1.82) is 0 Å². The molecule has 26 heavy (non-hydrogen) atoms. The first-order valence-electron chi connectivity index (χ1n) is 8.98. The lowest BCUT2D eigenvalue weighted by Gasteiger charge is -2.36. The molecule has 0 heterocycles. The van der Waals surface area contributed by atoms with Crippen LogP contribution in [0.3, 0.4) is 0 Å². The number of hydrogen-bond donors (Lipinski definition) is 1. The topological polar surface area (TPSA) is 43.8 Å². The zero-order valence-electron chi connectivity index (χ0n) is 15.8. The van der Waals surface area contributed by atoms with Gasteiger partial charge in [0.1, 0.15) is 5.75 Å². The van der Waals surface area contributed by atoms with Crippen molar-refractivity contribution in [2.24, 2.45) is 5.92 Å². The van der Waals surface area contributed by atoms with E-state index in [0.717, 1.165) is 37.4 Å². The van der Waals surface area contributed by atoms with Gasteiger partial charge in [-0.05, 0) is 75.5 Å². The van der Waals surface area contributed by atoms with Crippen molar-refractivity contribution >= 4 is 36.0 Å². The molecule has 0 bridgehead atoms. The molecule has 1 saturated carbocycles. The minimum Gasteiger partial charge on any atom is -0.508 e. The summed E-state index contributed by atoms with van der Waals surface area (Å²) >= 11 is 6.12. The second-order valence-corrected chi connectivity index (χ2v) is 7.69. The van der Waals surface area contributed by atoms with Crippen LogP contribution in [0, 0.1) is 5.92 Å². The number of nitrogens with zero attached hydrogens (tertiary/aromatic N) is 2. The summed E-state index contributed by atoms with van der Waals surface area (Å²) < 4.78 is 0. The van der Waals surface area contributed by atoms with Crippen LogP contribution in [0.25, 0.3) is 6.08 Å². The van der Waals surface area contributed by atoms with Crippen molar-refractivity contribution < 1.29 is 9.90 Å². The lowest BCUT2D eigenvalue weighted by Crippen LogP contribution is -2.44. The molecule has 6 heteroatoms. The second kappa shape index (κ2) is 10.8. The molecule has 1 aliphatic carbocycles. The number of phenols is 1. The fraction of sp³-hybridized carbons (Fsp3) is 0.550. The van der Waals surface area contributed by atoms with Crippen LogP contribution in [0.1, 0.15) is 38.2 Å². The third-order valence-corrected chi connectivity index (χ3v) is 5.21. The summed E-state index contributed by atoms with van der Waals surface area (Å²) in [4.78, 5) is 16.9. The van der Waals surface area contributed by atoms with E-state index in [1.54, 1.807) is 24.3 Å². The molecule has 1 aromatic carbocycles. The maximum atomic E-state index is 12.8. The van der Waals surface area contributed by atoms with Crippen molar-refractivity contribution in [3.8, 4) is 5.75 Å². The Hall–Kier alpha value is -1.23. The van der Waals surface area contributed by atoms with E-state index in [2.05, 4.69) is 11.8 Å². The summed E-state index contributed by atoms with van der Waals surface area (Å²) in [6.07, 6.45) is 7.86. The molecule has 1 aliphatic rings. The second-order valence-electron chi connectivity index (χ2n) is 7.29. The zero-order valence-corrected chi connectivity index (χ0v) is 17.4. The van der Waals surface area contributed by atoms with Gasteiger partial charge in [-0.2, -0.15) is 0 Å². The number of likely N-dealkylation sites (N-methyl/N-ethyl adjacent to an activating group) is 1. The largest absolute Gasteiger partial charge is 0.508 e. The highest BCUT2D eigenvalue weighted by molar-refractivity contribution is 6.32. The Balaban J connectivity index is 0.00000338. The van der Waals surface area contributed by atoms with Gasteiger partial charge in [-0.25, -0.2) is 0 Å². The Kier molecular flexibility index (Phi) is 9.48. The first kappa shape index (κ1) is 22.8. The molecule has 0 saturated heterocycles. The summed E-state index contributed by atoms with van der Waals surface area (Å²) in [5.74, 6) is 0.913. The van der Waals surface area contributed by atoms with Crippen LogP contribution in [0.5, 0.6) is 5.75 Å². The highest BCUT2D eigenvalue weighted by Crippen LogP contribution is 2.28. The summed E-state index contributed by atoms with van der Waals surface area (Å²) in [5.41, 5.74) is 0.734. The fourth-order valence-electron chi connectivity index (χ4n) is 3.24. The molecule has 1 N–H and O–H groups in total. The van der Waals surface area contributed by atoms with Crippen LogP contribution >= 0.6 is 24.0 Å². The lowest BCUT2D eigenvalue weighted by atomic mass is 9.86. The minimum absolute atomic E-state index is 0. The van der Waals surface area contributed by atoms with Gasteiger partial charge in [0, 0.05) is 25.2 Å². The monoisotopic (exact) mass is 400 g/mol. The van der Waals surface area contributed by atoms with Crippen LogP contribution in [0.2, 0.25) is 5.02 Å². The third kappa shape index (κ3) is 6.82. The van der Waals surface area contributed by atoms with Gasteiger partial charge in [0.15, 0.2) is 0 Å².